The first-order chi connectivity index (χ1) is 8.42. The lowest BCUT2D eigenvalue weighted by Gasteiger charge is -2.21. The van der Waals surface area contributed by atoms with Crippen LogP contribution in [0.4, 0.5) is 0 Å². The molecule has 0 bridgehead atoms. The molecule has 2 rings (SSSR count). The van der Waals surface area contributed by atoms with Gasteiger partial charge in [0.25, 0.3) is 10.2 Å². The summed E-state index contributed by atoms with van der Waals surface area (Å²) in [6.07, 6.45) is 3.81. The molecular formula is C12H19N3O2S. The van der Waals surface area contributed by atoms with Crippen molar-refractivity contribution in [1.29, 1.82) is 0 Å². The molecule has 1 atom stereocenters. The van der Waals surface area contributed by atoms with Gasteiger partial charge in [0.05, 0.1) is 11.7 Å². The van der Waals surface area contributed by atoms with E-state index >= 15 is 0 Å². The van der Waals surface area contributed by atoms with Crippen molar-refractivity contribution in [2.45, 2.75) is 25.8 Å². The Kier molecular flexibility index (Phi) is 3.70. The Morgan fingerprint density at radius 3 is 2.61 bits per heavy atom. The molecule has 18 heavy (non-hydrogen) atoms. The summed E-state index contributed by atoms with van der Waals surface area (Å²) in [6, 6.07) is 3.61. The van der Waals surface area contributed by atoms with Crippen LogP contribution in [0, 0.1) is 12.8 Å². The fourth-order valence-corrected chi connectivity index (χ4v) is 2.73. The fraction of sp³-hybridized carbons (Fsp3) is 0.583. The molecule has 0 saturated heterocycles. The quantitative estimate of drug-likeness (QED) is 0.874. The van der Waals surface area contributed by atoms with Crippen LogP contribution in [0.2, 0.25) is 0 Å². The van der Waals surface area contributed by atoms with Crippen LogP contribution < -0.4 is 4.72 Å². The summed E-state index contributed by atoms with van der Waals surface area (Å²) in [5, 5.41) is 0. The van der Waals surface area contributed by atoms with Crippen molar-refractivity contribution in [1.82, 2.24) is 14.0 Å². The molecule has 0 unspecified atom stereocenters. The molecule has 1 aliphatic carbocycles. The van der Waals surface area contributed by atoms with Crippen LogP contribution >= 0.6 is 0 Å². The van der Waals surface area contributed by atoms with Crippen molar-refractivity contribution in [3.63, 3.8) is 0 Å². The van der Waals surface area contributed by atoms with Gasteiger partial charge in [0.15, 0.2) is 0 Å². The minimum Gasteiger partial charge on any atom is -0.259 e. The van der Waals surface area contributed by atoms with Crippen molar-refractivity contribution in [3.8, 4) is 0 Å². The van der Waals surface area contributed by atoms with Crippen LogP contribution in [0.3, 0.4) is 0 Å². The van der Waals surface area contributed by atoms with Crippen LogP contribution in [0.1, 0.15) is 30.1 Å². The van der Waals surface area contributed by atoms with Crippen LogP contribution in [0.5, 0.6) is 0 Å². The molecular weight excluding hydrogens is 250 g/mol. The monoisotopic (exact) mass is 269 g/mol. The maximum atomic E-state index is 11.9. The normalized spacial score (nSPS) is 18.0. The zero-order valence-corrected chi connectivity index (χ0v) is 11.7. The summed E-state index contributed by atoms with van der Waals surface area (Å²) in [4.78, 5) is 4.34. The highest BCUT2D eigenvalue weighted by Gasteiger charge is 2.37. The lowest BCUT2D eigenvalue weighted by Crippen LogP contribution is -2.39. The van der Waals surface area contributed by atoms with Gasteiger partial charge in [-0.05, 0) is 37.3 Å². The molecule has 1 aromatic rings. The van der Waals surface area contributed by atoms with Gasteiger partial charge in [0, 0.05) is 20.3 Å². The van der Waals surface area contributed by atoms with E-state index in [1.165, 1.54) is 18.4 Å². The van der Waals surface area contributed by atoms with Gasteiger partial charge in [0.1, 0.15) is 0 Å². The minimum absolute atomic E-state index is 0.210. The number of nitrogens with zero attached hydrogens (tertiary/aromatic N) is 2. The number of pyridine rings is 1. The molecule has 0 amide bonds. The summed E-state index contributed by atoms with van der Waals surface area (Å²) in [7, 11) is -0.373. The van der Waals surface area contributed by atoms with Gasteiger partial charge in [-0.25, -0.2) is 0 Å². The Morgan fingerprint density at radius 2 is 2.11 bits per heavy atom. The lowest BCUT2D eigenvalue weighted by atomic mass is 10.1. The summed E-state index contributed by atoms with van der Waals surface area (Å²) < 4.78 is 27.8. The SMILES string of the molecule is Cc1cccnc1[C@@H](NS(=O)(=O)N(C)C)C1CC1. The number of aromatic nitrogens is 1. The van der Waals surface area contributed by atoms with Crippen LogP contribution in [-0.4, -0.2) is 31.8 Å². The highest BCUT2D eigenvalue weighted by Crippen LogP contribution is 2.41. The van der Waals surface area contributed by atoms with E-state index in [-0.39, 0.29) is 6.04 Å². The topological polar surface area (TPSA) is 62.3 Å². The van der Waals surface area contributed by atoms with Gasteiger partial charge in [-0.3, -0.25) is 4.98 Å². The average Bonchev–Trinajstić information content (AvgIpc) is 3.10. The zero-order chi connectivity index (χ0) is 13.3. The molecule has 1 saturated carbocycles. The van der Waals surface area contributed by atoms with E-state index in [4.69, 9.17) is 0 Å². The van der Waals surface area contributed by atoms with Crippen molar-refractivity contribution in [2.24, 2.45) is 5.92 Å². The number of aryl methyl sites for hydroxylation is 1. The molecule has 1 aromatic heterocycles. The molecule has 1 aliphatic rings. The molecule has 100 valence electrons. The van der Waals surface area contributed by atoms with E-state index in [2.05, 4.69) is 9.71 Å². The van der Waals surface area contributed by atoms with Gasteiger partial charge in [-0.15, -0.1) is 0 Å². The third-order valence-electron chi connectivity index (χ3n) is 3.19. The smallest absolute Gasteiger partial charge is 0.259 e. The Morgan fingerprint density at radius 1 is 1.44 bits per heavy atom. The van der Waals surface area contributed by atoms with Gasteiger partial charge in [0.2, 0.25) is 0 Å². The first-order valence-electron chi connectivity index (χ1n) is 6.03. The second kappa shape index (κ2) is 4.95. The summed E-state index contributed by atoms with van der Waals surface area (Å²) in [6.45, 7) is 1.96. The molecule has 0 radical (unpaired) electrons. The van der Waals surface area contributed by atoms with Crippen LogP contribution in [0.25, 0.3) is 0 Å². The largest absolute Gasteiger partial charge is 0.279 e. The Labute approximate surface area is 108 Å². The second-order valence-corrected chi connectivity index (χ2v) is 6.84. The maximum absolute atomic E-state index is 11.9. The standard InChI is InChI=1S/C12H19N3O2S/c1-9-5-4-8-13-11(9)12(10-6-7-10)14-18(16,17)15(2)3/h4-5,8,10,12,14H,6-7H2,1-3H3/t12-/m0/s1. The Balaban J connectivity index is 2.28. The average molecular weight is 269 g/mol. The molecule has 1 heterocycles. The molecule has 0 aromatic carbocycles. The molecule has 1 fully saturated rings. The van der Waals surface area contributed by atoms with Crippen molar-refractivity contribution < 1.29 is 8.42 Å². The van der Waals surface area contributed by atoms with E-state index < -0.39 is 10.2 Å². The van der Waals surface area contributed by atoms with Gasteiger partial charge < -0.3 is 0 Å². The van der Waals surface area contributed by atoms with E-state index in [0.29, 0.717) is 5.92 Å². The molecule has 5 nitrogen and oxygen atoms in total. The fourth-order valence-electron chi connectivity index (χ4n) is 1.89. The summed E-state index contributed by atoms with van der Waals surface area (Å²) in [5.74, 6) is 0.369. The van der Waals surface area contributed by atoms with Gasteiger partial charge in [-0.2, -0.15) is 17.4 Å². The first-order valence-corrected chi connectivity index (χ1v) is 7.47. The molecule has 1 N–H and O–H groups in total. The second-order valence-electron chi connectivity index (χ2n) is 4.93. The molecule has 0 spiro atoms. The third-order valence-corrected chi connectivity index (χ3v) is 4.71. The highest BCUT2D eigenvalue weighted by molar-refractivity contribution is 7.87. The highest BCUT2D eigenvalue weighted by atomic mass is 32.2. The van der Waals surface area contributed by atoms with Gasteiger partial charge in [-0.1, -0.05) is 6.07 Å². The lowest BCUT2D eigenvalue weighted by molar-refractivity contribution is 0.469. The van der Waals surface area contributed by atoms with E-state index in [0.717, 1.165) is 24.1 Å². The van der Waals surface area contributed by atoms with Crippen LogP contribution in [0.15, 0.2) is 18.3 Å². The van der Waals surface area contributed by atoms with Gasteiger partial charge >= 0.3 is 0 Å². The Hall–Kier alpha value is -0.980. The number of nitrogens with one attached hydrogen (secondary N) is 1. The summed E-state index contributed by atoms with van der Waals surface area (Å²) >= 11 is 0. The zero-order valence-electron chi connectivity index (χ0n) is 10.9. The number of hydrogen-bond acceptors (Lipinski definition) is 3. The summed E-state index contributed by atoms with van der Waals surface area (Å²) in [5.41, 5.74) is 1.86. The van der Waals surface area contributed by atoms with Crippen molar-refractivity contribution in [3.05, 3.63) is 29.6 Å². The van der Waals surface area contributed by atoms with E-state index in [1.54, 1.807) is 6.20 Å². The molecule has 0 aliphatic heterocycles. The number of rotatable bonds is 5. The predicted molar refractivity (Wildman–Crippen MR) is 70.2 cm³/mol. The van der Waals surface area contributed by atoms with E-state index in [9.17, 15) is 8.42 Å². The predicted octanol–water partition coefficient (Wildman–Crippen LogP) is 1.24. The van der Waals surface area contributed by atoms with Crippen molar-refractivity contribution in [2.75, 3.05) is 14.1 Å². The van der Waals surface area contributed by atoms with E-state index in [1.807, 2.05) is 19.1 Å². The third kappa shape index (κ3) is 2.88. The molecule has 6 heteroatoms. The van der Waals surface area contributed by atoms with Crippen LogP contribution in [-0.2, 0) is 10.2 Å². The van der Waals surface area contributed by atoms with Crippen molar-refractivity contribution >= 4 is 10.2 Å². The Bertz CT molecular complexity index is 524. The maximum Gasteiger partial charge on any atom is 0.279 e. The minimum atomic E-state index is -3.42. The first kappa shape index (κ1) is 13.5. The number of hydrogen-bond donors (Lipinski definition) is 1.